The van der Waals surface area contributed by atoms with E-state index in [2.05, 4.69) is 5.32 Å². The first-order valence-electron chi connectivity index (χ1n) is 7.94. The van der Waals surface area contributed by atoms with Gasteiger partial charge in [-0.15, -0.1) is 0 Å². The van der Waals surface area contributed by atoms with Gasteiger partial charge in [0.1, 0.15) is 11.4 Å². The van der Waals surface area contributed by atoms with E-state index in [1.165, 1.54) is 0 Å². The van der Waals surface area contributed by atoms with Crippen molar-refractivity contribution in [1.82, 2.24) is 5.32 Å². The number of hydrogen-bond acceptors (Lipinski definition) is 4. The third-order valence-corrected chi connectivity index (χ3v) is 4.12. The second-order valence-corrected chi connectivity index (χ2v) is 5.69. The number of nitrogens with one attached hydrogen (secondary N) is 1. The van der Waals surface area contributed by atoms with E-state index < -0.39 is 5.60 Å². The Labute approximate surface area is 136 Å². The van der Waals surface area contributed by atoms with Gasteiger partial charge in [0.25, 0.3) is 0 Å². The average molecular weight is 311 g/mol. The Morgan fingerprint density at radius 3 is 2.22 bits per heavy atom. The summed E-state index contributed by atoms with van der Waals surface area (Å²) < 4.78 is 11.4. The summed E-state index contributed by atoms with van der Waals surface area (Å²) in [5.41, 5.74) is 0.499. The molecule has 2 aromatic carbocycles. The Bertz CT molecular complexity index is 622. The van der Waals surface area contributed by atoms with E-state index in [-0.39, 0.29) is 12.6 Å². The molecule has 1 N–H and O–H groups in total. The average Bonchev–Trinajstić information content (AvgIpc) is 2.62. The number of ether oxygens (including phenoxy) is 2. The van der Waals surface area contributed by atoms with Crippen molar-refractivity contribution < 1.29 is 14.3 Å². The molecule has 0 atom stereocenters. The topological polar surface area (TPSA) is 47.6 Å². The van der Waals surface area contributed by atoms with Crippen LogP contribution in [0.2, 0.25) is 0 Å². The quantitative estimate of drug-likeness (QED) is 0.863. The SMILES string of the molecule is O=C(COc1ccccc1)OC1(c2ccccc2)CCNCC1. The van der Waals surface area contributed by atoms with Gasteiger partial charge in [0, 0.05) is 12.8 Å². The van der Waals surface area contributed by atoms with Crippen LogP contribution in [0.3, 0.4) is 0 Å². The molecule has 0 amide bonds. The molecular weight excluding hydrogens is 290 g/mol. The summed E-state index contributed by atoms with van der Waals surface area (Å²) in [6, 6.07) is 19.3. The van der Waals surface area contributed by atoms with Gasteiger partial charge >= 0.3 is 5.97 Å². The van der Waals surface area contributed by atoms with Gasteiger partial charge in [0.15, 0.2) is 6.61 Å². The van der Waals surface area contributed by atoms with E-state index in [1.54, 1.807) is 0 Å². The van der Waals surface area contributed by atoms with Gasteiger partial charge in [-0.3, -0.25) is 0 Å². The lowest BCUT2D eigenvalue weighted by molar-refractivity contribution is -0.166. The second kappa shape index (κ2) is 7.29. The number of hydrogen-bond donors (Lipinski definition) is 1. The van der Waals surface area contributed by atoms with Crippen molar-refractivity contribution in [3.05, 3.63) is 66.2 Å². The third-order valence-electron chi connectivity index (χ3n) is 4.12. The van der Waals surface area contributed by atoms with E-state index in [0.29, 0.717) is 5.75 Å². The minimum absolute atomic E-state index is 0.0774. The Kier molecular flexibility index (Phi) is 4.93. The lowest BCUT2D eigenvalue weighted by Crippen LogP contribution is -2.43. The largest absolute Gasteiger partial charge is 0.482 e. The molecule has 23 heavy (non-hydrogen) atoms. The molecule has 1 aliphatic heterocycles. The smallest absolute Gasteiger partial charge is 0.345 e. The van der Waals surface area contributed by atoms with Gasteiger partial charge < -0.3 is 14.8 Å². The Hall–Kier alpha value is -2.33. The number of benzene rings is 2. The van der Waals surface area contributed by atoms with Gasteiger partial charge in [0.05, 0.1) is 0 Å². The summed E-state index contributed by atoms with van der Waals surface area (Å²) >= 11 is 0. The number of carbonyl (C=O) groups excluding carboxylic acids is 1. The molecule has 4 heteroatoms. The van der Waals surface area contributed by atoms with Crippen molar-refractivity contribution in [1.29, 1.82) is 0 Å². The highest BCUT2D eigenvalue weighted by Gasteiger charge is 2.37. The van der Waals surface area contributed by atoms with Crippen molar-refractivity contribution in [2.45, 2.75) is 18.4 Å². The summed E-state index contributed by atoms with van der Waals surface area (Å²) in [4.78, 5) is 12.3. The van der Waals surface area contributed by atoms with Crippen LogP contribution in [0.15, 0.2) is 60.7 Å². The monoisotopic (exact) mass is 311 g/mol. The molecule has 0 spiro atoms. The fourth-order valence-electron chi connectivity index (χ4n) is 2.93. The lowest BCUT2D eigenvalue weighted by atomic mass is 9.85. The van der Waals surface area contributed by atoms with Crippen molar-refractivity contribution in [3.63, 3.8) is 0 Å². The summed E-state index contributed by atoms with van der Waals surface area (Å²) in [6.07, 6.45) is 1.54. The molecule has 0 unspecified atom stereocenters. The molecule has 0 saturated carbocycles. The van der Waals surface area contributed by atoms with Crippen LogP contribution >= 0.6 is 0 Å². The summed E-state index contributed by atoms with van der Waals surface area (Å²) in [6.45, 7) is 1.59. The summed E-state index contributed by atoms with van der Waals surface area (Å²) in [5.74, 6) is 0.336. The fourth-order valence-corrected chi connectivity index (χ4v) is 2.93. The molecule has 1 saturated heterocycles. The Morgan fingerprint density at radius 1 is 0.957 bits per heavy atom. The van der Waals surface area contributed by atoms with Gasteiger partial charge in [-0.25, -0.2) is 4.79 Å². The van der Waals surface area contributed by atoms with E-state index in [9.17, 15) is 4.79 Å². The molecule has 0 aliphatic carbocycles. The van der Waals surface area contributed by atoms with E-state index >= 15 is 0 Å². The first-order chi connectivity index (χ1) is 11.3. The minimum Gasteiger partial charge on any atom is -0.482 e. The van der Waals surface area contributed by atoms with Gasteiger partial charge in [-0.2, -0.15) is 0 Å². The van der Waals surface area contributed by atoms with Crippen LogP contribution in [0, 0.1) is 0 Å². The Morgan fingerprint density at radius 2 is 1.57 bits per heavy atom. The molecule has 2 aromatic rings. The minimum atomic E-state index is -0.552. The van der Waals surface area contributed by atoms with Crippen LogP contribution in [0.1, 0.15) is 18.4 Å². The maximum absolute atomic E-state index is 12.3. The lowest BCUT2D eigenvalue weighted by Gasteiger charge is -2.37. The van der Waals surface area contributed by atoms with Gasteiger partial charge in [-0.1, -0.05) is 48.5 Å². The highest BCUT2D eigenvalue weighted by Crippen LogP contribution is 2.34. The molecule has 4 nitrogen and oxygen atoms in total. The summed E-state index contributed by atoms with van der Waals surface area (Å²) in [5, 5.41) is 3.32. The standard InChI is InChI=1S/C19H21NO3/c21-18(15-22-17-9-5-2-6-10-17)23-19(11-13-20-14-12-19)16-7-3-1-4-8-16/h1-10,20H,11-15H2. The van der Waals surface area contributed by atoms with Crippen LogP contribution in [0.4, 0.5) is 0 Å². The predicted octanol–water partition coefficient (Wildman–Crippen LogP) is 2.89. The highest BCUT2D eigenvalue weighted by atomic mass is 16.6. The predicted molar refractivity (Wildman–Crippen MR) is 88.3 cm³/mol. The third kappa shape index (κ3) is 3.90. The number of esters is 1. The number of rotatable bonds is 5. The van der Waals surface area contributed by atoms with Crippen molar-refractivity contribution in [3.8, 4) is 5.75 Å². The van der Waals surface area contributed by atoms with E-state index in [0.717, 1.165) is 31.5 Å². The first-order valence-corrected chi connectivity index (χ1v) is 7.94. The summed E-state index contributed by atoms with van der Waals surface area (Å²) in [7, 11) is 0. The molecule has 0 bridgehead atoms. The Balaban J connectivity index is 1.68. The molecular formula is C19H21NO3. The van der Waals surface area contributed by atoms with E-state index in [4.69, 9.17) is 9.47 Å². The van der Waals surface area contributed by atoms with Gasteiger partial charge in [0.2, 0.25) is 0 Å². The number of para-hydroxylation sites is 1. The molecule has 1 aliphatic rings. The van der Waals surface area contributed by atoms with Crippen LogP contribution in [-0.2, 0) is 15.1 Å². The molecule has 120 valence electrons. The van der Waals surface area contributed by atoms with Crippen LogP contribution in [0.25, 0.3) is 0 Å². The molecule has 3 rings (SSSR count). The van der Waals surface area contributed by atoms with Crippen molar-refractivity contribution in [2.24, 2.45) is 0 Å². The molecule has 0 radical (unpaired) electrons. The number of carbonyl (C=O) groups is 1. The number of piperidine rings is 1. The maximum Gasteiger partial charge on any atom is 0.345 e. The van der Waals surface area contributed by atoms with Crippen LogP contribution < -0.4 is 10.1 Å². The highest BCUT2D eigenvalue weighted by molar-refractivity contribution is 5.72. The second-order valence-electron chi connectivity index (χ2n) is 5.69. The molecule has 1 fully saturated rings. The zero-order valence-corrected chi connectivity index (χ0v) is 13.0. The zero-order chi connectivity index (χ0) is 16.0. The molecule has 0 aromatic heterocycles. The van der Waals surface area contributed by atoms with Crippen molar-refractivity contribution in [2.75, 3.05) is 19.7 Å². The van der Waals surface area contributed by atoms with E-state index in [1.807, 2.05) is 60.7 Å². The van der Waals surface area contributed by atoms with Crippen LogP contribution in [-0.4, -0.2) is 25.7 Å². The van der Waals surface area contributed by atoms with Crippen LogP contribution in [0.5, 0.6) is 5.75 Å². The maximum atomic E-state index is 12.3. The van der Waals surface area contributed by atoms with Crippen molar-refractivity contribution >= 4 is 5.97 Å². The zero-order valence-electron chi connectivity index (χ0n) is 13.0. The first kappa shape index (κ1) is 15.6. The fraction of sp³-hybridized carbons (Fsp3) is 0.316. The molecule has 1 heterocycles. The van der Waals surface area contributed by atoms with Gasteiger partial charge in [-0.05, 0) is 30.8 Å². The normalized spacial score (nSPS) is 16.5.